The monoisotopic (exact) mass is 388 g/mol. The molecule has 2 rings (SSSR count). The fraction of sp³-hybridized carbons (Fsp3) is 0.429. The molecule has 1 aliphatic rings. The minimum absolute atomic E-state index is 0.00998. The molecule has 7 heteroatoms. The molecule has 1 heterocycles. The first kappa shape index (κ1) is 16.7. The molecule has 1 aromatic rings. The Morgan fingerprint density at radius 2 is 2.19 bits per heavy atom. The molecule has 1 aromatic carbocycles. The van der Waals surface area contributed by atoms with Gasteiger partial charge in [0.2, 0.25) is 11.8 Å². The van der Waals surface area contributed by atoms with Gasteiger partial charge >= 0.3 is 0 Å². The van der Waals surface area contributed by atoms with Gasteiger partial charge in [-0.3, -0.25) is 9.59 Å². The van der Waals surface area contributed by atoms with E-state index in [9.17, 15) is 9.59 Å². The largest absolute Gasteiger partial charge is 0.346 e. The van der Waals surface area contributed by atoms with Crippen LogP contribution in [0.15, 0.2) is 22.7 Å². The molecule has 0 spiro atoms. The van der Waals surface area contributed by atoms with Crippen molar-refractivity contribution in [2.75, 3.05) is 29.1 Å². The number of hydrogen-bond acceptors (Lipinski definition) is 4. The SMILES string of the molecule is Cc1cc(Br)ccc1NC(=O)CNC(=O)C1CSCCS1. The van der Waals surface area contributed by atoms with Gasteiger partial charge in [-0.25, -0.2) is 0 Å². The molecule has 2 amide bonds. The summed E-state index contributed by atoms with van der Waals surface area (Å²) in [6.07, 6.45) is 0. The molecule has 0 radical (unpaired) electrons. The predicted molar refractivity (Wildman–Crippen MR) is 94.1 cm³/mol. The molecule has 1 atom stereocenters. The Hall–Kier alpha value is -0.660. The second kappa shape index (κ2) is 8.10. The molecule has 1 saturated heterocycles. The number of amides is 2. The lowest BCUT2D eigenvalue weighted by atomic mass is 10.2. The quantitative estimate of drug-likeness (QED) is 0.832. The van der Waals surface area contributed by atoms with Gasteiger partial charge in [0.25, 0.3) is 0 Å². The number of nitrogens with one attached hydrogen (secondary N) is 2. The number of carbonyl (C=O) groups is 2. The van der Waals surface area contributed by atoms with Crippen molar-refractivity contribution in [2.24, 2.45) is 0 Å². The summed E-state index contributed by atoms with van der Waals surface area (Å²) < 4.78 is 0.970. The van der Waals surface area contributed by atoms with Crippen molar-refractivity contribution >= 4 is 57.0 Å². The Morgan fingerprint density at radius 1 is 1.38 bits per heavy atom. The van der Waals surface area contributed by atoms with Crippen molar-refractivity contribution in [1.82, 2.24) is 5.32 Å². The van der Waals surface area contributed by atoms with E-state index in [1.54, 1.807) is 23.5 Å². The van der Waals surface area contributed by atoms with Crippen molar-refractivity contribution in [3.8, 4) is 0 Å². The first-order valence-corrected chi connectivity index (χ1v) is 9.59. The van der Waals surface area contributed by atoms with Crippen LogP contribution in [0.5, 0.6) is 0 Å². The minimum Gasteiger partial charge on any atom is -0.346 e. The van der Waals surface area contributed by atoms with Crippen LogP contribution in [-0.2, 0) is 9.59 Å². The summed E-state index contributed by atoms with van der Waals surface area (Å²) in [5, 5.41) is 5.48. The number of rotatable bonds is 4. The Kier molecular flexibility index (Phi) is 6.44. The highest BCUT2D eigenvalue weighted by molar-refractivity contribution is 9.10. The van der Waals surface area contributed by atoms with Gasteiger partial charge in [0.05, 0.1) is 11.8 Å². The van der Waals surface area contributed by atoms with Crippen molar-refractivity contribution in [3.63, 3.8) is 0 Å². The van der Waals surface area contributed by atoms with Crippen LogP contribution in [0.4, 0.5) is 5.69 Å². The highest BCUT2D eigenvalue weighted by atomic mass is 79.9. The Bertz CT molecular complexity index is 534. The zero-order chi connectivity index (χ0) is 15.2. The van der Waals surface area contributed by atoms with Gasteiger partial charge in [0.15, 0.2) is 0 Å². The van der Waals surface area contributed by atoms with Crippen LogP contribution in [-0.4, -0.2) is 40.9 Å². The van der Waals surface area contributed by atoms with E-state index in [1.165, 1.54) is 0 Å². The first-order chi connectivity index (χ1) is 10.1. The van der Waals surface area contributed by atoms with E-state index < -0.39 is 0 Å². The summed E-state index contributed by atoms with van der Waals surface area (Å²) in [6, 6.07) is 5.65. The number of aryl methyl sites for hydroxylation is 1. The second-order valence-electron chi connectivity index (χ2n) is 4.66. The molecule has 0 bridgehead atoms. The van der Waals surface area contributed by atoms with Gasteiger partial charge in [-0.1, -0.05) is 15.9 Å². The smallest absolute Gasteiger partial charge is 0.243 e. The van der Waals surface area contributed by atoms with Crippen LogP contribution in [0, 0.1) is 6.92 Å². The number of benzene rings is 1. The molecule has 21 heavy (non-hydrogen) atoms. The first-order valence-electron chi connectivity index (χ1n) is 6.59. The normalized spacial score (nSPS) is 18.1. The highest BCUT2D eigenvalue weighted by Gasteiger charge is 2.22. The van der Waals surface area contributed by atoms with Crippen molar-refractivity contribution < 1.29 is 9.59 Å². The fourth-order valence-corrected chi connectivity index (χ4v) is 4.94. The fourth-order valence-electron chi connectivity index (χ4n) is 1.88. The molecule has 4 nitrogen and oxygen atoms in total. The molecule has 1 aliphatic heterocycles. The van der Waals surface area contributed by atoms with E-state index in [0.717, 1.165) is 33.0 Å². The number of halogens is 1. The molecular formula is C14H17BrN2O2S2. The highest BCUT2D eigenvalue weighted by Crippen LogP contribution is 2.24. The molecular weight excluding hydrogens is 372 g/mol. The van der Waals surface area contributed by atoms with E-state index in [-0.39, 0.29) is 23.6 Å². The Balaban J connectivity index is 1.80. The predicted octanol–water partition coefficient (Wildman–Crippen LogP) is 2.66. The zero-order valence-corrected chi connectivity index (χ0v) is 14.9. The van der Waals surface area contributed by atoms with Gasteiger partial charge in [-0.2, -0.15) is 11.8 Å². The van der Waals surface area contributed by atoms with Crippen LogP contribution >= 0.6 is 39.5 Å². The molecule has 114 valence electrons. The van der Waals surface area contributed by atoms with E-state index in [2.05, 4.69) is 26.6 Å². The van der Waals surface area contributed by atoms with Gasteiger partial charge in [-0.05, 0) is 30.7 Å². The average molecular weight is 389 g/mol. The molecule has 1 fully saturated rings. The van der Waals surface area contributed by atoms with Gasteiger partial charge in [-0.15, -0.1) is 11.8 Å². The minimum atomic E-state index is -0.206. The summed E-state index contributed by atoms with van der Waals surface area (Å²) in [7, 11) is 0. The molecule has 0 saturated carbocycles. The van der Waals surface area contributed by atoms with Crippen LogP contribution in [0.3, 0.4) is 0 Å². The van der Waals surface area contributed by atoms with Crippen LogP contribution in [0.25, 0.3) is 0 Å². The average Bonchev–Trinajstić information content (AvgIpc) is 2.48. The lowest BCUT2D eigenvalue weighted by molar-refractivity contribution is -0.123. The summed E-state index contributed by atoms with van der Waals surface area (Å²) in [5.74, 6) is 2.66. The third kappa shape index (κ3) is 5.23. The van der Waals surface area contributed by atoms with Crippen LogP contribution in [0.2, 0.25) is 0 Å². The van der Waals surface area contributed by atoms with E-state index in [0.29, 0.717) is 0 Å². The molecule has 2 N–H and O–H groups in total. The Labute approximate surface area is 141 Å². The maximum atomic E-state index is 11.9. The maximum absolute atomic E-state index is 11.9. The lowest BCUT2D eigenvalue weighted by Gasteiger charge is -2.20. The summed E-state index contributed by atoms with van der Waals surface area (Å²) in [4.78, 5) is 23.8. The number of thioether (sulfide) groups is 2. The van der Waals surface area contributed by atoms with Crippen LogP contribution in [0.1, 0.15) is 5.56 Å². The number of hydrogen-bond donors (Lipinski definition) is 2. The summed E-state index contributed by atoms with van der Waals surface area (Å²) in [6.45, 7) is 1.94. The number of carbonyl (C=O) groups excluding carboxylic acids is 2. The summed E-state index contributed by atoms with van der Waals surface area (Å²) in [5.41, 5.74) is 1.74. The standard InChI is InChI=1S/C14H17BrN2O2S2/c1-9-6-10(15)2-3-11(9)17-13(18)7-16-14(19)12-8-20-4-5-21-12/h2-3,6,12H,4-5,7-8H2,1H3,(H,16,19)(H,17,18). The van der Waals surface area contributed by atoms with E-state index in [1.807, 2.05) is 25.1 Å². The number of anilines is 1. The third-order valence-electron chi connectivity index (χ3n) is 2.99. The van der Waals surface area contributed by atoms with Crippen molar-refractivity contribution in [2.45, 2.75) is 12.2 Å². The maximum Gasteiger partial charge on any atom is 0.243 e. The van der Waals surface area contributed by atoms with E-state index in [4.69, 9.17) is 0 Å². The second-order valence-corrected chi connectivity index (χ2v) is 8.04. The summed E-state index contributed by atoms with van der Waals surface area (Å²) >= 11 is 6.83. The van der Waals surface area contributed by atoms with Gasteiger partial charge in [0.1, 0.15) is 0 Å². The van der Waals surface area contributed by atoms with Gasteiger partial charge < -0.3 is 10.6 Å². The third-order valence-corrected chi connectivity index (χ3v) is 6.24. The van der Waals surface area contributed by atoms with Crippen molar-refractivity contribution in [1.29, 1.82) is 0 Å². The molecule has 0 aliphatic carbocycles. The van der Waals surface area contributed by atoms with Crippen molar-refractivity contribution in [3.05, 3.63) is 28.2 Å². The van der Waals surface area contributed by atoms with E-state index >= 15 is 0 Å². The lowest BCUT2D eigenvalue weighted by Crippen LogP contribution is -2.40. The Morgan fingerprint density at radius 3 is 2.86 bits per heavy atom. The topological polar surface area (TPSA) is 58.2 Å². The van der Waals surface area contributed by atoms with Gasteiger partial charge in [0, 0.05) is 27.4 Å². The molecule has 0 aromatic heterocycles. The molecule has 1 unspecified atom stereocenters. The van der Waals surface area contributed by atoms with Crippen LogP contribution < -0.4 is 10.6 Å². The zero-order valence-electron chi connectivity index (χ0n) is 11.6.